The van der Waals surface area contributed by atoms with Crippen LogP contribution in [-0.2, 0) is 27.5 Å². The predicted molar refractivity (Wildman–Crippen MR) is 99.6 cm³/mol. The number of hydrogen-bond acceptors (Lipinski definition) is 5. The molecule has 154 valence electrons. The smallest absolute Gasteiger partial charge is 0.447 e. The summed E-state index contributed by atoms with van der Waals surface area (Å²) in [5.41, 5.74) is -1.84. The van der Waals surface area contributed by atoms with Crippen molar-refractivity contribution in [3.63, 3.8) is 0 Å². The molecule has 0 N–H and O–H groups in total. The quantitative estimate of drug-likeness (QED) is 0.752. The maximum Gasteiger partial charge on any atom is 0.501 e. The van der Waals surface area contributed by atoms with E-state index in [9.17, 15) is 26.4 Å². The van der Waals surface area contributed by atoms with E-state index in [-0.39, 0.29) is 6.09 Å². The summed E-state index contributed by atoms with van der Waals surface area (Å²) < 4.78 is 66.1. The third-order valence-electron chi connectivity index (χ3n) is 5.11. The molecule has 2 aromatic carbocycles. The van der Waals surface area contributed by atoms with E-state index >= 15 is 0 Å². The average Bonchev–Trinajstić information content (AvgIpc) is 3.12. The van der Waals surface area contributed by atoms with Gasteiger partial charge in [-0.15, -0.1) is 0 Å². The minimum Gasteiger partial charge on any atom is -0.447 e. The van der Waals surface area contributed by atoms with Gasteiger partial charge < -0.3 is 9.64 Å². The van der Waals surface area contributed by atoms with E-state index in [2.05, 4.69) is 0 Å². The summed E-state index contributed by atoms with van der Waals surface area (Å²) in [6.07, 6.45) is 0.264. The van der Waals surface area contributed by atoms with Crippen molar-refractivity contribution in [2.45, 2.75) is 23.4 Å². The van der Waals surface area contributed by atoms with Crippen LogP contribution in [0.2, 0.25) is 0 Å². The van der Waals surface area contributed by atoms with Gasteiger partial charge in [0.2, 0.25) is 0 Å². The summed E-state index contributed by atoms with van der Waals surface area (Å²) in [7, 11) is -5.36. The summed E-state index contributed by atoms with van der Waals surface area (Å²) in [4.78, 5) is 14.7. The van der Waals surface area contributed by atoms with Gasteiger partial charge in [-0.3, -0.25) is 4.90 Å². The molecule has 0 spiro atoms. The second-order valence-electron chi connectivity index (χ2n) is 6.80. The lowest BCUT2D eigenvalue weighted by Gasteiger charge is -2.33. The second-order valence-corrected chi connectivity index (χ2v) is 8.74. The molecule has 4 rings (SSSR count). The summed E-state index contributed by atoms with van der Waals surface area (Å²) in [6, 6.07) is 10.4. The SMILES string of the molecule is O=C1OCCN1c1cccc2c1CCN(c1ccc(S(=O)(=O)C(F)(F)F)cc1)C2. The highest BCUT2D eigenvalue weighted by molar-refractivity contribution is 7.92. The minimum absolute atomic E-state index is 0.349. The molecule has 0 aromatic heterocycles. The van der Waals surface area contributed by atoms with Gasteiger partial charge in [-0.1, -0.05) is 12.1 Å². The molecule has 0 saturated carbocycles. The zero-order valence-corrected chi connectivity index (χ0v) is 16.0. The molecule has 2 heterocycles. The lowest BCUT2D eigenvalue weighted by Crippen LogP contribution is -2.33. The lowest BCUT2D eigenvalue weighted by molar-refractivity contribution is -0.0436. The van der Waals surface area contributed by atoms with Crippen molar-refractivity contribution in [2.75, 3.05) is 29.5 Å². The van der Waals surface area contributed by atoms with Crippen LogP contribution in [0.1, 0.15) is 11.1 Å². The number of rotatable bonds is 3. The Hall–Kier alpha value is -2.75. The van der Waals surface area contributed by atoms with Crippen molar-refractivity contribution in [3.05, 3.63) is 53.6 Å². The topological polar surface area (TPSA) is 66.9 Å². The summed E-state index contributed by atoms with van der Waals surface area (Å²) in [5.74, 6) is 0. The van der Waals surface area contributed by atoms with Gasteiger partial charge in [0.1, 0.15) is 6.61 Å². The number of anilines is 2. The van der Waals surface area contributed by atoms with E-state index < -0.39 is 20.2 Å². The molecule has 29 heavy (non-hydrogen) atoms. The van der Waals surface area contributed by atoms with Gasteiger partial charge in [-0.05, 0) is 47.9 Å². The second kappa shape index (κ2) is 6.94. The van der Waals surface area contributed by atoms with Crippen LogP contribution in [0, 0.1) is 0 Å². The van der Waals surface area contributed by atoms with Crippen LogP contribution in [0.15, 0.2) is 47.4 Å². The van der Waals surface area contributed by atoms with Gasteiger partial charge >= 0.3 is 11.6 Å². The van der Waals surface area contributed by atoms with E-state index in [0.717, 1.165) is 28.9 Å². The number of fused-ring (bicyclic) bond motifs is 1. The largest absolute Gasteiger partial charge is 0.501 e. The van der Waals surface area contributed by atoms with E-state index in [4.69, 9.17) is 4.74 Å². The summed E-state index contributed by atoms with van der Waals surface area (Å²) in [6.45, 7) is 1.92. The third kappa shape index (κ3) is 3.41. The molecule has 6 nitrogen and oxygen atoms in total. The van der Waals surface area contributed by atoms with E-state index in [1.807, 2.05) is 23.1 Å². The normalized spacial score (nSPS) is 17.3. The average molecular weight is 426 g/mol. The number of carbonyl (C=O) groups is 1. The fourth-order valence-corrected chi connectivity index (χ4v) is 4.41. The van der Waals surface area contributed by atoms with Crippen LogP contribution in [0.25, 0.3) is 0 Å². The molecular weight excluding hydrogens is 409 g/mol. The van der Waals surface area contributed by atoms with Crippen molar-refractivity contribution in [2.24, 2.45) is 0 Å². The Bertz CT molecular complexity index is 1050. The van der Waals surface area contributed by atoms with Gasteiger partial charge in [0.15, 0.2) is 0 Å². The van der Waals surface area contributed by atoms with Crippen LogP contribution in [-0.4, -0.2) is 39.7 Å². The van der Waals surface area contributed by atoms with Gasteiger partial charge in [-0.2, -0.15) is 13.2 Å². The summed E-state index contributed by atoms with van der Waals surface area (Å²) >= 11 is 0. The van der Waals surface area contributed by atoms with Crippen molar-refractivity contribution in [1.29, 1.82) is 0 Å². The van der Waals surface area contributed by atoms with Crippen molar-refractivity contribution in [3.8, 4) is 0 Å². The molecule has 1 fully saturated rings. The number of benzene rings is 2. The molecule has 0 bridgehead atoms. The number of nitrogens with zero attached hydrogens (tertiary/aromatic N) is 2. The molecule has 0 atom stereocenters. The highest BCUT2D eigenvalue weighted by Crippen LogP contribution is 2.34. The highest BCUT2D eigenvalue weighted by atomic mass is 32.2. The standard InChI is InChI=1S/C19H17F3N2O4S/c20-19(21,22)29(26,27)15-6-4-14(5-7-15)23-9-8-16-13(12-23)2-1-3-17(16)24-10-11-28-18(24)25/h1-7H,8-12H2. The molecule has 0 radical (unpaired) electrons. The molecule has 2 aromatic rings. The number of ether oxygens (including phenoxy) is 1. The van der Waals surface area contributed by atoms with Crippen molar-refractivity contribution < 1.29 is 31.1 Å². The third-order valence-corrected chi connectivity index (χ3v) is 6.61. The maximum absolute atomic E-state index is 12.7. The molecule has 0 aliphatic carbocycles. The summed E-state index contributed by atoms with van der Waals surface area (Å²) in [5, 5.41) is 0. The van der Waals surface area contributed by atoms with Crippen LogP contribution >= 0.6 is 0 Å². The monoisotopic (exact) mass is 426 g/mol. The first-order chi connectivity index (χ1) is 13.7. The highest BCUT2D eigenvalue weighted by Gasteiger charge is 2.46. The fraction of sp³-hybridized carbons (Fsp3) is 0.316. The fourth-order valence-electron chi connectivity index (χ4n) is 3.64. The Labute approximate surface area is 165 Å². The molecule has 2 aliphatic heterocycles. The lowest BCUT2D eigenvalue weighted by atomic mass is 9.96. The Morgan fingerprint density at radius 3 is 2.34 bits per heavy atom. The number of sulfone groups is 1. The number of alkyl halides is 3. The molecule has 1 saturated heterocycles. The molecule has 1 amide bonds. The zero-order chi connectivity index (χ0) is 20.8. The van der Waals surface area contributed by atoms with Gasteiger partial charge in [0, 0.05) is 18.8 Å². The maximum atomic E-state index is 12.7. The first-order valence-electron chi connectivity index (χ1n) is 8.90. The molecular formula is C19H17F3N2O4S. The van der Waals surface area contributed by atoms with Crippen LogP contribution < -0.4 is 9.80 Å². The zero-order valence-electron chi connectivity index (χ0n) is 15.1. The first-order valence-corrected chi connectivity index (χ1v) is 10.4. The Kier molecular flexibility index (Phi) is 4.68. The molecule has 10 heteroatoms. The van der Waals surface area contributed by atoms with Crippen LogP contribution in [0.5, 0.6) is 0 Å². The number of cyclic esters (lactones) is 1. The minimum atomic E-state index is -5.36. The first kappa shape index (κ1) is 19.6. The Morgan fingerprint density at radius 1 is 1.00 bits per heavy atom. The van der Waals surface area contributed by atoms with E-state index in [1.165, 1.54) is 12.1 Å². The number of carbonyl (C=O) groups excluding carboxylic acids is 1. The number of hydrogen-bond donors (Lipinski definition) is 0. The van der Waals surface area contributed by atoms with E-state index in [1.54, 1.807) is 4.90 Å². The number of halogens is 3. The van der Waals surface area contributed by atoms with Gasteiger partial charge in [0.05, 0.1) is 17.1 Å². The van der Waals surface area contributed by atoms with E-state index in [0.29, 0.717) is 38.3 Å². The number of amides is 1. The molecule has 0 unspecified atom stereocenters. The van der Waals surface area contributed by atoms with Crippen molar-refractivity contribution >= 4 is 27.3 Å². The predicted octanol–water partition coefficient (Wildman–Crippen LogP) is 3.50. The van der Waals surface area contributed by atoms with Crippen molar-refractivity contribution in [1.82, 2.24) is 0 Å². The van der Waals surface area contributed by atoms with Crippen LogP contribution in [0.4, 0.5) is 29.3 Å². The van der Waals surface area contributed by atoms with Crippen LogP contribution in [0.3, 0.4) is 0 Å². The Balaban J connectivity index is 1.57. The van der Waals surface area contributed by atoms with Gasteiger partial charge in [0.25, 0.3) is 9.84 Å². The molecule has 2 aliphatic rings. The van der Waals surface area contributed by atoms with Gasteiger partial charge in [-0.25, -0.2) is 13.2 Å². The Morgan fingerprint density at radius 2 is 1.72 bits per heavy atom.